The highest BCUT2D eigenvalue weighted by atomic mass is 32.2. The fourth-order valence-electron chi connectivity index (χ4n) is 1.17. The Morgan fingerprint density at radius 1 is 1.38 bits per heavy atom. The molecule has 0 aliphatic rings. The zero-order valence-electron chi connectivity index (χ0n) is 10.4. The van der Waals surface area contributed by atoms with Gasteiger partial charge in [-0.15, -0.1) is 0 Å². The highest BCUT2D eigenvalue weighted by Gasteiger charge is 2.18. The van der Waals surface area contributed by atoms with Crippen molar-refractivity contribution in [1.29, 1.82) is 0 Å². The lowest BCUT2D eigenvalue weighted by Crippen LogP contribution is -2.18. The van der Waals surface area contributed by atoms with Gasteiger partial charge < -0.3 is 11.1 Å². The van der Waals surface area contributed by atoms with Gasteiger partial charge in [0, 0.05) is 23.8 Å². The Morgan fingerprint density at radius 3 is 2.62 bits per heavy atom. The topological polar surface area (TPSA) is 63.8 Å². The Morgan fingerprint density at radius 2 is 2.06 bits per heavy atom. The molecule has 1 aromatic rings. The van der Waals surface area contributed by atoms with Crippen molar-refractivity contribution in [3.8, 4) is 0 Å². The predicted molar refractivity (Wildman–Crippen MR) is 72.0 cm³/mol. The van der Waals surface area contributed by atoms with Crippen molar-refractivity contribution in [2.45, 2.75) is 26.2 Å². The maximum absolute atomic E-state index is 5.76. The minimum Gasteiger partial charge on any atom is -0.384 e. The van der Waals surface area contributed by atoms with E-state index in [4.69, 9.17) is 5.73 Å². The monoisotopic (exact) mass is 240 g/mol. The van der Waals surface area contributed by atoms with Crippen molar-refractivity contribution in [1.82, 2.24) is 9.97 Å². The highest BCUT2D eigenvalue weighted by Crippen LogP contribution is 2.21. The lowest BCUT2D eigenvalue weighted by molar-refractivity contribution is 0.547. The van der Waals surface area contributed by atoms with Crippen LogP contribution in [0.2, 0.25) is 0 Å². The number of aromatic nitrogens is 2. The molecule has 0 aromatic carbocycles. The van der Waals surface area contributed by atoms with E-state index in [2.05, 4.69) is 42.3 Å². The molecule has 3 N–H and O–H groups in total. The molecule has 0 saturated heterocycles. The highest BCUT2D eigenvalue weighted by molar-refractivity contribution is 7.98. The van der Waals surface area contributed by atoms with E-state index in [1.165, 1.54) is 0 Å². The van der Waals surface area contributed by atoms with E-state index >= 15 is 0 Å². The minimum absolute atomic E-state index is 0.0781. The van der Waals surface area contributed by atoms with Crippen LogP contribution in [0, 0.1) is 0 Å². The van der Waals surface area contributed by atoms with Gasteiger partial charge in [-0.1, -0.05) is 20.8 Å². The molecule has 16 heavy (non-hydrogen) atoms. The summed E-state index contributed by atoms with van der Waals surface area (Å²) in [5.74, 6) is 3.16. The van der Waals surface area contributed by atoms with E-state index < -0.39 is 0 Å². The SMILES string of the molecule is CSCCNc1cc(N)nc(C(C)(C)C)n1. The zero-order valence-corrected chi connectivity index (χ0v) is 11.2. The molecule has 0 saturated carbocycles. The van der Waals surface area contributed by atoms with Gasteiger partial charge in [0.15, 0.2) is 0 Å². The molecular formula is C11H20N4S. The number of hydrogen-bond acceptors (Lipinski definition) is 5. The summed E-state index contributed by atoms with van der Waals surface area (Å²) in [6, 6.07) is 1.77. The van der Waals surface area contributed by atoms with Gasteiger partial charge in [-0.3, -0.25) is 0 Å². The van der Waals surface area contributed by atoms with Gasteiger partial charge in [-0.25, -0.2) is 9.97 Å². The number of anilines is 2. The van der Waals surface area contributed by atoms with Crippen molar-refractivity contribution in [3.05, 3.63) is 11.9 Å². The maximum atomic E-state index is 5.76. The molecule has 0 bridgehead atoms. The molecule has 0 fully saturated rings. The number of thioether (sulfide) groups is 1. The summed E-state index contributed by atoms with van der Waals surface area (Å²) < 4.78 is 0. The van der Waals surface area contributed by atoms with E-state index in [1.54, 1.807) is 17.8 Å². The molecule has 4 nitrogen and oxygen atoms in total. The largest absolute Gasteiger partial charge is 0.384 e. The number of nitrogens with two attached hydrogens (primary N) is 1. The van der Waals surface area contributed by atoms with Crippen LogP contribution in [0.1, 0.15) is 26.6 Å². The molecule has 0 aliphatic heterocycles. The fraction of sp³-hybridized carbons (Fsp3) is 0.636. The Kier molecular flexibility index (Phi) is 4.41. The van der Waals surface area contributed by atoms with Gasteiger partial charge >= 0.3 is 0 Å². The third-order valence-electron chi connectivity index (χ3n) is 2.03. The molecule has 5 heteroatoms. The molecule has 0 radical (unpaired) electrons. The molecule has 0 atom stereocenters. The second-order valence-corrected chi connectivity index (χ2v) is 5.66. The summed E-state index contributed by atoms with van der Waals surface area (Å²) in [6.45, 7) is 7.12. The molecular weight excluding hydrogens is 220 g/mol. The van der Waals surface area contributed by atoms with E-state index in [1.807, 2.05) is 0 Å². The number of rotatable bonds is 4. The van der Waals surface area contributed by atoms with Crippen LogP contribution >= 0.6 is 11.8 Å². The average molecular weight is 240 g/mol. The first-order valence-electron chi connectivity index (χ1n) is 5.31. The summed E-state index contributed by atoms with van der Waals surface area (Å²) in [5, 5.41) is 3.25. The van der Waals surface area contributed by atoms with Gasteiger partial charge in [0.25, 0.3) is 0 Å². The number of nitrogen functional groups attached to an aromatic ring is 1. The lowest BCUT2D eigenvalue weighted by atomic mass is 9.96. The first-order chi connectivity index (χ1) is 7.43. The molecule has 0 aliphatic carbocycles. The van der Waals surface area contributed by atoms with Crippen LogP contribution in [0.5, 0.6) is 0 Å². The summed E-state index contributed by atoms with van der Waals surface area (Å²) in [5.41, 5.74) is 5.69. The normalized spacial score (nSPS) is 11.5. The van der Waals surface area contributed by atoms with Crippen LogP contribution < -0.4 is 11.1 Å². The van der Waals surface area contributed by atoms with E-state index in [0.29, 0.717) is 5.82 Å². The Hall–Kier alpha value is -0.970. The lowest BCUT2D eigenvalue weighted by Gasteiger charge is -2.18. The second kappa shape index (κ2) is 5.39. The van der Waals surface area contributed by atoms with Gasteiger partial charge in [-0.05, 0) is 6.26 Å². The Bertz CT molecular complexity index is 346. The summed E-state index contributed by atoms with van der Waals surface area (Å²) in [4.78, 5) is 8.72. The van der Waals surface area contributed by atoms with Crippen molar-refractivity contribution >= 4 is 23.4 Å². The van der Waals surface area contributed by atoms with Crippen LogP contribution in [-0.4, -0.2) is 28.5 Å². The Balaban J connectivity index is 2.82. The summed E-state index contributed by atoms with van der Waals surface area (Å²) >= 11 is 1.80. The van der Waals surface area contributed by atoms with Crippen molar-refractivity contribution in [2.24, 2.45) is 0 Å². The van der Waals surface area contributed by atoms with Gasteiger partial charge in [0.1, 0.15) is 17.5 Å². The number of nitrogens with one attached hydrogen (secondary N) is 1. The molecule has 0 spiro atoms. The van der Waals surface area contributed by atoms with E-state index in [-0.39, 0.29) is 5.41 Å². The quantitative estimate of drug-likeness (QED) is 0.789. The van der Waals surface area contributed by atoms with E-state index in [0.717, 1.165) is 23.9 Å². The smallest absolute Gasteiger partial charge is 0.138 e. The first-order valence-corrected chi connectivity index (χ1v) is 6.70. The van der Waals surface area contributed by atoms with Crippen molar-refractivity contribution in [3.63, 3.8) is 0 Å². The zero-order chi connectivity index (χ0) is 12.2. The average Bonchev–Trinajstić information content (AvgIpc) is 2.16. The molecule has 1 rings (SSSR count). The first kappa shape index (κ1) is 13.1. The molecule has 90 valence electrons. The predicted octanol–water partition coefficient (Wildman–Crippen LogP) is 2.13. The molecule has 0 amide bonds. The standard InChI is InChI=1S/C11H20N4S/c1-11(2,3)10-14-8(12)7-9(15-10)13-5-6-16-4/h7H,5-6H2,1-4H3,(H3,12,13,14,15). The summed E-state index contributed by atoms with van der Waals surface area (Å²) in [6.07, 6.45) is 2.08. The van der Waals surface area contributed by atoms with Gasteiger partial charge in [0.2, 0.25) is 0 Å². The van der Waals surface area contributed by atoms with Gasteiger partial charge in [0.05, 0.1) is 0 Å². The molecule has 0 unspecified atom stereocenters. The fourth-order valence-corrected chi connectivity index (χ4v) is 1.48. The van der Waals surface area contributed by atoms with Crippen molar-refractivity contribution < 1.29 is 0 Å². The molecule has 1 aromatic heterocycles. The van der Waals surface area contributed by atoms with Crippen LogP contribution in [0.3, 0.4) is 0 Å². The third-order valence-corrected chi connectivity index (χ3v) is 2.64. The number of nitrogens with zero attached hydrogens (tertiary/aromatic N) is 2. The van der Waals surface area contributed by atoms with Crippen molar-refractivity contribution in [2.75, 3.05) is 29.6 Å². The molecule has 1 heterocycles. The van der Waals surface area contributed by atoms with Crippen LogP contribution in [-0.2, 0) is 5.41 Å². The second-order valence-electron chi connectivity index (χ2n) is 4.67. The van der Waals surface area contributed by atoms with Crippen LogP contribution in [0.4, 0.5) is 11.6 Å². The summed E-state index contributed by atoms with van der Waals surface area (Å²) in [7, 11) is 0. The van der Waals surface area contributed by atoms with E-state index in [9.17, 15) is 0 Å². The Labute approximate surface area is 101 Å². The van der Waals surface area contributed by atoms with Gasteiger partial charge in [-0.2, -0.15) is 11.8 Å². The number of hydrogen-bond donors (Lipinski definition) is 2. The van der Waals surface area contributed by atoms with Crippen LogP contribution in [0.15, 0.2) is 6.07 Å². The third kappa shape index (κ3) is 3.89. The maximum Gasteiger partial charge on any atom is 0.138 e. The minimum atomic E-state index is -0.0781. The van der Waals surface area contributed by atoms with Crippen LogP contribution in [0.25, 0.3) is 0 Å².